The second-order valence-electron chi connectivity index (χ2n) is 1.89. The van der Waals surface area contributed by atoms with Crippen molar-refractivity contribution in [2.75, 3.05) is 0 Å². The summed E-state index contributed by atoms with van der Waals surface area (Å²) in [6, 6.07) is 0. The van der Waals surface area contributed by atoms with Gasteiger partial charge in [0.2, 0.25) is 0 Å². The van der Waals surface area contributed by atoms with Crippen molar-refractivity contribution in [2.24, 2.45) is 0 Å². The number of halogens is 7. The third-order valence-electron chi connectivity index (χ3n) is 0.740. The minimum atomic E-state index is -11.7. The number of alkyl halides is 2. The van der Waals surface area contributed by atoms with E-state index in [0.717, 1.165) is 0 Å². The van der Waals surface area contributed by atoms with Gasteiger partial charge >= 0.3 is 33.7 Å². The van der Waals surface area contributed by atoms with Gasteiger partial charge in [-0.25, -0.2) is 8.42 Å². The van der Waals surface area contributed by atoms with Gasteiger partial charge in [-0.3, -0.25) is 0 Å². The zero-order valence-electron chi connectivity index (χ0n) is 6.19. The maximum atomic E-state index is 11.5. The van der Waals surface area contributed by atoms with Crippen LogP contribution in [0.15, 0.2) is 0 Å². The van der Waals surface area contributed by atoms with Crippen molar-refractivity contribution >= 4 is 20.3 Å². The first-order valence-corrected chi connectivity index (χ1v) is 5.42. The molecular weight excluding hydrogens is 264 g/mol. The number of rotatable bonds is 2. The summed E-state index contributed by atoms with van der Waals surface area (Å²) in [6.07, 6.45) is 0. The average molecular weight is 264 g/mol. The van der Waals surface area contributed by atoms with Crippen molar-refractivity contribution in [3.8, 4) is 0 Å². The van der Waals surface area contributed by atoms with Crippen molar-refractivity contribution in [1.29, 1.82) is 0 Å². The predicted molar refractivity (Wildman–Crippen MR) is 27.8 cm³/mol. The largest absolute Gasteiger partial charge is 1.00 e. The van der Waals surface area contributed by atoms with Gasteiger partial charge in [-0.2, -0.15) is 8.78 Å². The summed E-state index contributed by atoms with van der Waals surface area (Å²) in [4.78, 5) is 0. The van der Waals surface area contributed by atoms with E-state index >= 15 is 0 Å². The Balaban J connectivity index is 0. The maximum absolute atomic E-state index is 11.7. The molecular formula is CF7LiO3S2. The Labute approximate surface area is 85.3 Å². The molecule has 0 aromatic rings. The van der Waals surface area contributed by atoms with Crippen molar-refractivity contribution in [1.82, 2.24) is 0 Å². The van der Waals surface area contributed by atoms with E-state index in [9.17, 15) is 41.2 Å². The van der Waals surface area contributed by atoms with Crippen LogP contribution in [0.1, 0.15) is 0 Å². The van der Waals surface area contributed by atoms with E-state index in [2.05, 4.69) is 0 Å². The van der Waals surface area contributed by atoms with Crippen LogP contribution >= 0.6 is 10.2 Å². The first kappa shape index (κ1) is 16.8. The van der Waals surface area contributed by atoms with Gasteiger partial charge < -0.3 is 4.55 Å². The molecule has 0 saturated heterocycles. The van der Waals surface area contributed by atoms with Gasteiger partial charge in [-0.1, -0.05) is 19.4 Å². The van der Waals surface area contributed by atoms with Gasteiger partial charge in [0.05, 0.1) is 0 Å². The molecule has 14 heavy (non-hydrogen) atoms. The third-order valence-corrected chi connectivity index (χ3v) is 3.78. The van der Waals surface area contributed by atoms with Crippen LogP contribution in [0, 0.1) is 0 Å². The molecule has 0 amide bonds. The molecule has 3 nitrogen and oxygen atoms in total. The topological polar surface area (TPSA) is 57.2 Å². The molecule has 0 bridgehead atoms. The van der Waals surface area contributed by atoms with Crippen LogP contribution in [0.3, 0.4) is 0 Å². The molecule has 0 saturated carbocycles. The van der Waals surface area contributed by atoms with Gasteiger partial charge in [0, 0.05) is 0 Å². The van der Waals surface area contributed by atoms with Crippen LogP contribution in [-0.4, -0.2) is 17.6 Å². The minimum absolute atomic E-state index is 0. The normalized spacial score (nSPS) is 19.1. The molecule has 13 heteroatoms. The molecule has 0 heterocycles. The van der Waals surface area contributed by atoms with E-state index in [1.807, 2.05) is 0 Å². The molecule has 0 aromatic carbocycles. The van der Waals surface area contributed by atoms with Crippen LogP contribution < -0.4 is 18.9 Å². The Morgan fingerprint density at radius 3 is 1.21 bits per heavy atom. The summed E-state index contributed by atoms with van der Waals surface area (Å²) >= 11 is 0. The molecule has 84 valence electrons. The molecule has 0 spiro atoms. The van der Waals surface area contributed by atoms with Crippen molar-refractivity contribution in [3.63, 3.8) is 0 Å². The fraction of sp³-hybridized carbons (Fsp3) is 1.00. The quantitative estimate of drug-likeness (QED) is 0.379. The first-order chi connectivity index (χ1) is 5.00. The Hall–Kier alpha value is 0.367. The predicted octanol–water partition coefficient (Wildman–Crippen LogP) is -0.616. The number of hydrogen-bond donors (Lipinski definition) is 0. The fourth-order valence-corrected chi connectivity index (χ4v) is 1.74. The molecule has 0 aliphatic rings. The number of hydrogen-bond acceptors (Lipinski definition) is 3. The van der Waals surface area contributed by atoms with Crippen LogP contribution in [0.25, 0.3) is 0 Å². The zero-order valence-corrected chi connectivity index (χ0v) is 7.82. The van der Waals surface area contributed by atoms with Crippen LogP contribution in [-0.2, 0) is 10.1 Å². The molecule has 0 aliphatic heterocycles. The van der Waals surface area contributed by atoms with Gasteiger partial charge in [0.1, 0.15) is 0 Å². The van der Waals surface area contributed by atoms with E-state index in [0.29, 0.717) is 0 Å². The van der Waals surface area contributed by atoms with E-state index in [1.165, 1.54) is 0 Å². The molecule has 0 rings (SSSR count). The first-order valence-electron chi connectivity index (χ1n) is 2.06. The maximum Gasteiger partial charge on any atom is 1.00 e. The van der Waals surface area contributed by atoms with Gasteiger partial charge in [-0.15, -0.1) is 0 Å². The standard InChI is InChI=1S/CHF7O3S2.Li/c2-1(3,12(9,10)11)13(4,5,6,7)8;/h(H,9,10,11);/q;+1/p-1. The minimum Gasteiger partial charge on any atom is -0.742 e. The molecule has 0 N–H and O–H groups in total. The Morgan fingerprint density at radius 1 is 1.00 bits per heavy atom. The Bertz CT molecular complexity index is 324. The molecule has 0 aromatic heterocycles. The van der Waals surface area contributed by atoms with Crippen molar-refractivity contribution in [2.45, 2.75) is 4.59 Å². The van der Waals surface area contributed by atoms with Gasteiger partial charge in [0.25, 0.3) is 0 Å². The molecule has 0 fully saturated rings. The summed E-state index contributed by atoms with van der Waals surface area (Å²) < 4.78 is 98.9. The Kier molecular flexibility index (Phi) is 3.27. The Morgan fingerprint density at radius 2 is 1.21 bits per heavy atom. The zero-order chi connectivity index (χ0) is 11.4. The van der Waals surface area contributed by atoms with E-state index < -0.39 is 24.9 Å². The van der Waals surface area contributed by atoms with E-state index in [-0.39, 0.29) is 18.9 Å². The SMILES string of the molecule is O=S(=O)([O-])C(F)(F)S(F)(F)(F)(F)F.[Li+]. The smallest absolute Gasteiger partial charge is 0.742 e. The second kappa shape index (κ2) is 2.73. The van der Waals surface area contributed by atoms with Crippen molar-refractivity contribution in [3.05, 3.63) is 0 Å². The van der Waals surface area contributed by atoms with E-state index in [1.54, 1.807) is 0 Å². The van der Waals surface area contributed by atoms with E-state index in [4.69, 9.17) is 0 Å². The van der Waals surface area contributed by atoms with Crippen LogP contribution in [0.2, 0.25) is 0 Å². The van der Waals surface area contributed by atoms with Gasteiger partial charge in [-0.05, 0) is 0 Å². The molecule has 0 unspecified atom stereocenters. The summed E-state index contributed by atoms with van der Waals surface area (Å²) in [5.41, 5.74) is 0. The second-order valence-corrected chi connectivity index (χ2v) is 6.02. The van der Waals surface area contributed by atoms with Crippen molar-refractivity contribution < 1.29 is 60.0 Å². The average Bonchev–Trinajstić information content (AvgIpc) is 1.52. The fourth-order valence-electron chi connectivity index (χ4n) is 0.193. The van der Waals surface area contributed by atoms with Crippen LogP contribution in [0.4, 0.5) is 28.2 Å². The molecule has 0 atom stereocenters. The molecule has 0 radical (unpaired) electrons. The summed E-state index contributed by atoms with van der Waals surface area (Å²) in [5, 5.41) is 0. The third kappa shape index (κ3) is 2.69. The van der Waals surface area contributed by atoms with Gasteiger partial charge in [0.15, 0.2) is 10.1 Å². The van der Waals surface area contributed by atoms with Crippen LogP contribution in [0.5, 0.6) is 0 Å². The summed E-state index contributed by atoms with van der Waals surface area (Å²) in [6.45, 7) is 0. The molecule has 0 aliphatic carbocycles. The summed E-state index contributed by atoms with van der Waals surface area (Å²) in [5.74, 6) is 0. The summed E-state index contributed by atoms with van der Waals surface area (Å²) in [7, 11) is -19.1. The monoisotopic (exact) mass is 264 g/mol.